The molecule has 1 aliphatic carbocycles. The number of hydrogen-bond acceptors (Lipinski definition) is 2. The first-order valence-corrected chi connectivity index (χ1v) is 9.09. The molecule has 1 N–H and O–H groups in total. The van der Waals surface area contributed by atoms with Crippen LogP contribution >= 0.6 is 0 Å². The van der Waals surface area contributed by atoms with Gasteiger partial charge in [0.1, 0.15) is 11.9 Å². The van der Waals surface area contributed by atoms with E-state index in [2.05, 4.69) is 5.32 Å². The summed E-state index contributed by atoms with van der Waals surface area (Å²) in [5.41, 5.74) is 2.36. The Morgan fingerprint density at radius 1 is 1.00 bits per heavy atom. The summed E-state index contributed by atoms with van der Waals surface area (Å²) >= 11 is 0. The van der Waals surface area contributed by atoms with Crippen LogP contribution in [0.15, 0.2) is 48.5 Å². The zero-order chi connectivity index (χ0) is 18.1. The van der Waals surface area contributed by atoms with Gasteiger partial charge in [0.05, 0.1) is 0 Å². The molecule has 2 fully saturated rings. The van der Waals surface area contributed by atoms with Crippen LogP contribution in [0.5, 0.6) is 0 Å². The number of nitrogens with zero attached hydrogens (tertiary/aromatic N) is 1. The third-order valence-electron chi connectivity index (χ3n) is 5.08. The maximum atomic E-state index is 13.4. The van der Waals surface area contributed by atoms with E-state index in [1.807, 2.05) is 18.2 Å². The van der Waals surface area contributed by atoms with Gasteiger partial charge >= 0.3 is 0 Å². The van der Waals surface area contributed by atoms with Crippen LogP contribution in [0.4, 0.5) is 10.1 Å². The van der Waals surface area contributed by atoms with E-state index in [0.717, 1.165) is 30.4 Å². The normalized spacial score (nSPS) is 19.4. The van der Waals surface area contributed by atoms with Gasteiger partial charge in [-0.25, -0.2) is 4.39 Å². The molecule has 1 heterocycles. The Kier molecular flexibility index (Phi) is 4.45. The Morgan fingerprint density at radius 2 is 1.77 bits per heavy atom. The molecule has 2 aromatic rings. The summed E-state index contributed by atoms with van der Waals surface area (Å²) in [5, 5.41) is 2.91. The van der Waals surface area contributed by atoms with Crippen LogP contribution in [-0.4, -0.2) is 29.3 Å². The molecule has 1 aliphatic heterocycles. The molecular weight excluding hydrogens is 331 g/mol. The molecule has 1 saturated carbocycles. The molecule has 1 saturated heterocycles. The second-order valence-corrected chi connectivity index (χ2v) is 7.04. The zero-order valence-corrected chi connectivity index (χ0v) is 14.5. The van der Waals surface area contributed by atoms with Crippen molar-refractivity contribution in [2.24, 2.45) is 5.92 Å². The highest BCUT2D eigenvalue weighted by atomic mass is 19.1. The summed E-state index contributed by atoms with van der Waals surface area (Å²) in [6, 6.07) is 13.4. The first-order valence-electron chi connectivity index (χ1n) is 9.09. The molecule has 2 amide bonds. The lowest BCUT2D eigenvalue weighted by molar-refractivity contribution is -0.137. The highest BCUT2D eigenvalue weighted by molar-refractivity contribution is 5.98. The monoisotopic (exact) mass is 352 g/mol. The Balaban J connectivity index is 1.43. The van der Waals surface area contributed by atoms with E-state index < -0.39 is 0 Å². The number of halogens is 1. The highest BCUT2D eigenvalue weighted by Gasteiger charge is 2.40. The fraction of sp³-hybridized carbons (Fsp3) is 0.333. The number of benzene rings is 2. The van der Waals surface area contributed by atoms with E-state index in [1.54, 1.807) is 23.1 Å². The summed E-state index contributed by atoms with van der Waals surface area (Å²) in [6.07, 6.45) is 3.48. The number of rotatable bonds is 4. The molecule has 0 bridgehead atoms. The topological polar surface area (TPSA) is 49.4 Å². The molecule has 0 aromatic heterocycles. The number of likely N-dealkylation sites (tertiary alicyclic amines) is 1. The molecular formula is C21H21FN2O2. The van der Waals surface area contributed by atoms with Gasteiger partial charge in [-0.05, 0) is 61.1 Å². The number of carbonyl (C=O) groups excluding carboxylic acids is 2. The van der Waals surface area contributed by atoms with Crippen molar-refractivity contribution in [3.8, 4) is 11.1 Å². The first kappa shape index (κ1) is 16.8. The van der Waals surface area contributed by atoms with Crippen LogP contribution < -0.4 is 5.32 Å². The molecule has 26 heavy (non-hydrogen) atoms. The van der Waals surface area contributed by atoms with Gasteiger partial charge in [-0.2, -0.15) is 0 Å². The van der Waals surface area contributed by atoms with Crippen molar-refractivity contribution in [1.29, 1.82) is 0 Å². The van der Waals surface area contributed by atoms with Gasteiger partial charge in [-0.3, -0.25) is 9.59 Å². The van der Waals surface area contributed by atoms with Crippen molar-refractivity contribution in [3.63, 3.8) is 0 Å². The number of amides is 2. The van der Waals surface area contributed by atoms with Crippen LogP contribution in [0.3, 0.4) is 0 Å². The Labute approximate surface area is 152 Å². The molecule has 4 nitrogen and oxygen atoms in total. The van der Waals surface area contributed by atoms with Gasteiger partial charge in [-0.1, -0.05) is 24.3 Å². The molecule has 4 rings (SSSR count). The Bertz CT molecular complexity index is 830. The number of nitrogens with one attached hydrogen (secondary N) is 1. The maximum absolute atomic E-state index is 13.4. The summed E-state index contributed by atoms with van der Waals surface area (Å²) < 4.78 is 13.4. The van der Waals surface area contributed by atoms with Crippen molar-refractivity contribution in [2.75, 3.05) is 11.9 Å². The largest absolute Gasteiger partial charge is 0.330 e. The van der Waals surface area contributed by atoms with E-state index in [1.165, 1.54) is 12.1 Å². The Hall–Kier alpha value is -2.69. The minimum Gasteiger partial charge on any atom is -0.330 e. The molecule has 2 aromatic carbocycles. The van der Waals surface area contributed by atoms with Gasteiger partial charge in [0.25, 0.3) is 0 Å². The van der Waals surface area contributed by atoms with Crippen LogP contribution in [0, 0.1) is 11.7 Å². The molecule has 134 valence electrons. The Morgan fingerprint density at radius 3 is 2.46 bits per heavy atom. The van der Waals surface area contributed by atoms with Crippen LogP contribution in [0.2, 0.25) is 0 Å². The smallest absolute Gasteiger partial charge is 0.247 e. The van der Waals surface area contributed by atoms with Gasteiger partial charge in [0.15, 0.2) is 0 Å². The van der Waals surface area contributed by atoms with Crippen LogP contribution in [-0.2, 0) is 9.59 Å². The summed E-state index contributed by atoms with van der Waals surface area (Å²) in [5.74, 6) is -0.144. The standard InChI is InChI=1S/C21H21FN2O2/c22-17-4-1-3-16(13-17)14-8-10-18(11-9-14)23-20(25)19-5-2-12-24(19)21(26)15-6-7-15/h1,3-4,8-11,13,15,19H,2,5-7,12H2,(H,23,25). The van der Waals surface area contributed by atoms with E-state index in [4.69, 9.17) is 0 Å². The second-order valence-electron chi connectivity index (χ2n) is 7.04. The minimum absolute atomic E-state index is 0.129. The van der Waals surface area contributed by atoms with Crippen molar-refractivity contribution >= 4 is 17.5 Å². The lowest BCUT2D eigenvalue weighted by atomic mass is 10.1. The average Bonchev–Trinajstić information content (AvgIpc) is 3.38. The third-order valence-corrected chi connectivity index (χ3v) is 5.08. The van der Waals surface area contributed by atoms with Crippen LogP contribution in [0.1, 0.15) is 25.7 Å². The molecule has 2 aliphatic rings. The average molecular weight is 352 g/mol. The minimum atomic E-state index is -0.369. The maximum Gasteiger partial charge on any atom is 0.247 e. The second kappa shape index (κ2) is 6.90. The van der Waals surface area contributed by atoms with E-state index in [0.29, 0.717) is 18.7 Å². The summed E-state index contributed by atoms with van der Waals surface area (Å²) in [4.78, 5) is 26.7. The van der Waals surface area contributed by atoms with Gasteiger partial charge in [-0.15, -0.1) is 0 Å². The van der Waals surface area contributed by atoms with Gasteiger partial charge < -0.3 is 10.2 Å². The molecule has 0 radical (unpaired) electrons. The molecule has 5 heteroatoms. The fourth-order valence-electron chi connectivity index (χ4n) is 3.51. The van der Waals surface area contributed by atoms with Gasteiger partial charge in [0, 0.05) is 18.2 Å². The number of anilines is 1. The fourth-order valence-corrected chi connectivity index (χ4v) is 3.51. The third kappa shape index (κ3) is 3.47. The molecule has 1 atom stereocenters. The predicted octanol–water partition coefficient (Wildman–Crippen LogP) is 3.83. The summed E-state index contributed by atoms with van der Waals surface area (Å²) in [6.45, 7) is 0.673. The number of hydrogen-bond donors (Lipinski definition) is 1. The van der Waals surface area contributed by atoms with E-state index in [-0.39, 0.29) is 29.6 Å². The molecule has 0 spiro atoms. The lowest BCUT2D eigenvalue weighted by Crippen LogP contribution is -2.43. The van der Waals surface area contributed by atoms with Crippen molar-refractivity contribution in [2.45, 2.75) is 31.7 Å². The van der Waals surface area contributed by atoms with E-state index >= 15 is 0 Å². The van der Waals surface area contributed by atoms with E-state index in [9.17, 15) is 14.0 Å². The SMILES string of the molecule is O=C(Nc1ccc(-c2cccc(F)c2)cc1)C1CCCN1C(=O)C1CC1. The summed E-state index contributed by atoms with van der Waals surface area (Å²) in [7, 11) is 0. The highest BCUT2D eigenvalue weighted by Crippen LogP contribution is 2.34. The lowest BCUT2D eigenvalue weighted by Gasteiger charge is -2.24. The van der Waals surface area contributed by atoms with Crippen molar-refractivity contribution in [3.05, 3.63) is 54.3 Å². The first-order chi connectivity index (χ1) is 12.6. The quantitative estimate of drug-likeness (QED) is 0.909. The molecule has 1 unspecified atom stereocenters. The van der Waals surface area contributed by atoms with Crippen LogP contribution in [0.25, 0.3) is 11.1 Å². The van der Waals surface area contributed by atoms with Crippen molar-refractivity contribution < 1.29 is 14.0 Å². The number of carbonyl (C=O) groups is 2. The van der Waals surface area contributed by atoms with Gasteiger partial charge in [0.2, 0.25) is 11.8 Å². The zero-order valence-electron chi connectivity index (χ0n) is 14.5. The van der Waals surface area contributed by atoms with Crippen molar-refractivity contribution in [1.82, 2.24) is 4.90 Å². The predicted molar refractivity (Wildman–Crippen MR) is 97.9 cm³/mol.